The van der Waals surface area contributed by atoms with Crippen LogP contribution in [0.5, 0.6) is 0 Å². The highest BCUT2D eigenvalue weighted by molar-refractivity contribution is 7.84. The lowest BCUT2D eigenvalue weighted by atomic mass is 9.83. The summed E-state index contributed by atoms with van der Waals surface area (Å²) in [5, 5.41) is 0. The van der Waals surface area contributed by atoms with E-state index in [2.05, 4.69) is 0 Å². The van der Waals surface area contributed by atoms with Gasteiger partial charge in [-0.15, -0.1) is 0 Å². The molecule has 2 fully saturated rings. The molecule has 0 aliphatic carbocycles. The van der Waals surface area contributed by atoms with E-state index in [4.69, 9.17) is 18.9 Å². The number of carbonyl (C=O) groups excluding carboxylic acids is 4. The van der Waals surface area contributed by atoms with Gasteiger partial charge in [0.2, 0.25) is 5.91 Å². The number of hydrogen-bond acceptors (Lipinski definition) is 11. The van der Waals surface area contributed by atoms with Gasteiger partial charge in [-0.05, 0) is 25.0 Å². The van der Waals surface area contributed by atoms with Crippen molar-refractivity contribution >= 4 is 34.6 Å². The Morgan fingerprint density at radius 1 is 0.791 bits per heavy atom. The van der Waals surface area contributed by atoms with Crippen LogP contribution >= 0.6 is 0 Å². The number of hydrogen-bond donors (Lipinski definition) is 0. The molecule has 0 aromatic heterocycles. The fourth-order valence-corrected chi connectivity index (χ4v) is 5.83. The van der Waals surface area contributed by atoms with E-state index in [0.29, 0.717) is 5.56 Å². The van der Waals surface area contributed by atoms with Gasteiger partial charge in [-0.25, -0.2) is 27.1 Å². The van der Waals surface area contributed by atoms with Gasteiger partial charge in [0.15, 0.2) is 10.3 Å². The quantitative estimate of drug-likeness (QED) is 0.175. The summed E-state index contributed by atoms with van der Waals surface area (Å²) in [6, 6.07) is 16.5. The molecule has 0 saturated carbocycles. The number of ether oxygens (including phenoxy) is 4. The van der Waals surface area contributed by atoms with E-state index < -0.39 is 58.7 Å². The van der Waals surface area contributed by atoms with Crippen molar-refractivity contribution in [2.24, 2.45) is 5.92 Å². The molecule has 2 aromatic rings. The van der Waals surface area contributed by atoms with E-state index >= 15 is 0 Å². The SMILES string of the molecule is C[C@H](OC(=O)N1CCN(C(=O)OCc2ccccc2)CC1)[C@@H]1[C@@H]([C@@H](C)OC(=O)OCc2ccccc2)C(=O)N1S(=O)(=O)[O-]. The Bertz CT molecular complexity index is 1400. The summed E-state index contributed by atoms with van der Waals surface area (Å²) >= 11 is 0. The molecular formula is C28H32N3O11S-. The van der Waals surface area contributed by atoms with E-state index in [9.17, 15) is 32.1 Å². The fraction of sp³-hybridized carbons (Fsp3) is 0.429. The minimum absolute atomic E-state index is 0.0887. The van der Waals surface area contributed by atoms with Crippen LogP contribution in [-0.2, 0) is 47.3 Å². The summed E-state index contributed by atoms with van der Waals surface area (Å²) in [5.74, 6) is -2.37. The van der Waals surface area contributed by atoms with E-state index in [-0.39, 0.29) is 43.7 Å². The number of benzene rings is 2. The van der Waals surface area contributed by atoms with Gasteiger partial charge in [0, 0.05) is 26.2 Å². The van der Waals surface area contributed by atoms with E-state index in [1.165, 1.54) is 23.6 Å². The summed E-state index contributed by atoms with van der Waals surface area (Å²) in [6.45, 7) is 3.23. The Kier molecular flexibility index (Phi) is 10.1. The molecule has 2 aromatic carbocycles. The molecule has 0 bridgehead atoms. The van der Waals surface area contributed by atoms with Crippen LogP contribution in [0, 0.1) is 5.92 Å². The molecule has 15 heteroatoms. The molecule has 232 valence electrons. The second kappa shape index (κ2) is 13.7. The normalized spacial score (nSPS) is 20.0. The van der Waals surface area contributed by atoms with Gasteiger partial charge < -0.3 is 33.3 Å². The first-order chi connectivity index (χ1) is 20.5. The van der Waals surface area contributed by atoms with Crippen LogP contribution in [0.2, 0.25) is 0 Å². The minimum Gasteiger partial charge on any atom is -0.731 e. The number of rotatable bonds is 9. The Morgan fingerprint density at radius 3 is 1.79 bits per heavy atom. The van der Waals surface area contributed by atoms with Gasteiger partial charge in [0.25, 0.3) is 0 Å². The van der Waals surface area contributed by atoms with Gasteiger partial charge in [0.05, 0.1) is 6.04 Å². The summed E-state index contributed by atoms with van der Waals surface area (Å²) in [7, 11) is -5.25. The maximum Gasteiger partial charge on any atom is 0.508 e. The molecule has 0 spiro atoms. The summed E-state index contributed by atoms with van der Waals surface area (Å²) in [6.07, 6.45) is -4.93. The number of nitrogens with zero attached hydrogens (tertiary/aromatic N) is 3. The van der Waals surface area contributed by atoms with Gasteiger partial charge in [-0.1, -0.05) is 60.7 Å². The van der Waals surface area contributed by atoms with Crippen LogP contribution < -0.4 is 0 Å². The van der Waals surface area contributed by atoms with Gasteiger partial charge in [-0.2, -0.15) is 0 Å². The van der Waals surface area contributed by atoms with Crippen LogP contribution in [0.4, 0.5) is 14.4 Å². The molecule has 0 N–H and O–H groups in total. The zero-order valence-electron chi connectivity index (χ0n) is 23.6. The Morgan fingerprint density at radius 2 is 1.28 bits per heavy atom. The summed E-state index contributed by atoms with van der Waals surface area (Å²) < 4.78 is 56.6. The third kappa shape index (κ3) is 7.93. The second-order valence-electron chi connectivity index (χ2n) is 10.1. The van der Waals surface area contributed by atoms with Crippen molar-refractivity contribution in [1.29, 1.82) is 0 Å². The molecule has 2 aliphatic rings. The average molecular weight is 619 g/mol. The standard InChI is InChI=1S/C28H33N3O11S/c1-19(42-28(35)40-18-22-11-7-4-8-12-22)23-24(31(25(23)32)43(36,37)38)20(2)41-27(34)30-15-13-29(14-16-30)26(33)39-17-21-9-5-3-6-10-21/h3-12,19-20,23-24H,13-18H2,1-2H3,(H,36,37,38)/p-1/t19-,20+,23-,24-/m1/s1. The van der Waals surface area contributed by atoms with Crippen LogP contribution in [0.25, 0.3) is 0 Å². The highest BCUT2D eigenvalue weighted by Crippen LogP contribution is 2.36. The Hall–Kier alpha value is -4.37. The predicted octanol–water partition coefficient (Wildman–Crippen LogP) is 2.50. The molecular weight excluding hydrogens is 586 g/mol. The molecule has 43 heavy (non-hydrogen) atoms. The molecule has 2 aliphatic heterocycles. The lowest BCUT2D eigenvalue weighted by Gasteiger charge is -2.50. The van der Waals surface area contributed by atoms with Crippen LogP contribution in [-0.4, -0.2) is 95.8 Å². The van der Waals surface area contributed by atoms with Crippen molar-refractivity contribution in [3.8, 4) is 0 Å². The zero-order chi connectivity index (χ0) is 31.1. The zero-order valence-corrected chi connectivity index (χ0v) is 24.4. The molecule has 4 atom stereocenters. The largest absolute Gasteiger partial charge is 0.731 e. The molecule has 14 nitrogen and oxygen atoms in total. The maximum absolute atomic E-state index is 12.9. The molecule has 4 rings (SSSR count). The first kappa shape index (κ1) is 31.6. The van der Waals surface area contributed by atoms with E-state index in [1.54, 1.807) is 30.3 Å². The highest BCUT2D eigenvalue weighted by atomic mass is 32.2. The number of β-lactam (4-membered cyclic amide) rings is 1. The van der Waals surface area contributed by atoms with Crippen LogP contribution in [0.15, 0.2) is 60.7 Å². The van der Waals surface area contributed by atoms with Crippen molar-refractivity contribution in [1.82, 2.24) is 14.1 Å². The lowest BCUT2D eigenvalue weighted by Crippen LogP contribution is -2.70. The third-order valence-electron chi connectivity index (χ3n) is 7.14. The van der Waals surface area contributed by atoms with Crippen molar-refractivity contribution in [2.45, 2.75) is 45.3 Å². The van der Waals surface area contributed by atoms with Crippen molar-refractivity contribution in [2.75, 3.05) is 26.2 Å². The van der Waals surface area contributed by atoms with Crippen molar-refractivity contribution < 1.29 is 51.1 Å². The van der Waals surface area contributed by atoms with E-state index in [0.717, 1.165) is 5.56 Å². The van der Waals surface area contributed by atoms with Crippen LogP contribution in [0.1, 0.15) is 25.0 Å². The van der Waals surface area contributed by atoms with Gasteiger partial charge in [0.1, 0.15) is 31.3 Å². The monoisotopic (exact) mass is 618 g/mol. The molecule has 3 amide bonds. The first-order valence-electron chi connectivity index (χ1n) is 13.5. The fourth-order valence-electron chi connectivity index (χ4n) is 4.89. The number of piperazine rings is 1. The molecule has 2 heterocycles. The smallest absolute Gasteiger partial charge is 0.508 e. The Balaban J connectivity index is 1.30. The molecule has 0 unspecified atom stereocenters. The van der Waals surface area contributed by atoms with Crippen molar-refractivity contribution in [3.05, 3.63) is 71.8 Å². The number of carbonyl (C=O) groups is 4. The predicted molar refractivity (Wildman–Crippen MR) is 147 cm³/mol. The van der Waals surface area contributed by atoms with Crippen molar-refractivity contribution in [3.63, 3.8) is 0 Å². The first-order valence-corrected chi connectivity index (χ1v) is 14.9. The Labute approximate surface area is 248 Å². The maximum atomic E-state index is 12.9. The summed E-state index contributed by atoms with van der Waals surface area (Å²) in [5.41, 5.74) is 1.52. The average Bonchev–Trinajstić information content (AvgIpc) is 2.97. The number of amides is 3. The topological polar surface area (TPSA) is 172 Å². The highest BCUT2D eigenvalue weighted by Gasteiger charge is 2.57. The second-order valence-corrected chi connectivity index (χ2v) is 11.3. The third-order valence-corrected chi connectivity index (χ3v) is 8.04. The van der Waals surface area contributed by atoms with Gasteiger partial charge in [-0.3, -0.25) is 4.79 Å². The lowest BCUT2D eigenvalue weighted by molar-refractivity contribution is -0.162. The summed E-state index contributed by atoms with van der Waals surface area (Å²) in [4.78, 5) is 52.9. The molecule has 0 radical (unpaired) electrons. The van der Waals surface area contributed by atoms with Crippen LogP contribution in [0.3, 0.4) is 0 Å². The minimum atomic E-state index is -5.25. The van der Waals surface area contributed by atoms with E-state index in [1.807, 2.05) is 30.3 Å². The van der Waals surface area contributed by atoms with Gasteiger partial charge >= 0.3 is 18.3 Å². The molecule has 2 saturated heterocycles.